The molecule has 0 saturated carbocycles. The van der Waals surface area contributed by atoms with Gasteiger partial charge in [-0.2, -0.15) is 0 Å². The fraction of sp³-hybridized carbons (Fsp3) is 0.227. The van der Waals surface area contributed by atoms with Crippen LogP contribution in [0.15, 0.2) is 68.4 Å². The molecular weight excluding hydrogens is 390 g/mol. The van der Waals surface area contributed by atoms with Crippen molar-refractivity contribution in [3.05, 3.63) is 75.3 Å². The molecule has 0 aliphatic heterocycles. The second-order valence-electron chi connectivity index (χ2n) is 6.71. The van der Waals surface area contributed by atoms with E-state index < -0.39 is 10.5 Å². The highest BCUT2D eigenvalue weighted by molar-refractivity contribution is 6.01. The average Bonchev–Trinajstić information content (AvgIpc) is 3.20. The number of ether oxygens (including phenoxy) is 2. The first-order chi connectivity index (χ1) is 14.6. The maximum atomic E-state index is 11.5. The van der Waals surface area contributed by atoms with E-state index in [1.165, 1.54) is 18.2 Å². The minimum absolute atomic E-state index is 0.0407. The molecule has 2 aromatic heterocycles. The summed E-state index contributed by atoms with van der Waals surface area (Å²) in [6, 6.07) is 12.6. The monoisotopic (exact) mass is 409 g/mol. The van der Waals surface area contributed by atoms with E-state index in [0.717, 1.165) is 30.0 Å². The van der Waals surface area contributed by atoms with Crippen LogP contribution in [0.2, 0.25) is 0 Å². The predicted molar refractivity (Wildman–Crippen MR) is 110 cm³/mol. The number of fused-ring (bicyclic) bond motifs is 2. The molecule has 2 heterocycles. The molecule has 154 valence electrons. The minimum atomic E-state index is -0.440. The molecule has 8 nitrogen and oxygen atoms in total. The smallest absolute Gasteiger partial charge is 0.336 e. The van der Waals surface area contributed by atoms with Gasteiger partial charge in [0, 0.05) is 24.3 Å². The Balaban J connectivity index is 1.28. The van der Waals surface area contributed by atoms with E-state index >= 15 is 0 Å². The van der Waals surface area contributed by atoms with Crippen LogP contribution >= 0.6 is 0 Å². The van der Waals surface area contributed by atoms with E-state index in [0.29, 0.717) is 35.9 Å². The molecular formula is C22H19NO7. The number of non-ortho nitro benzene ring substituents is 1. The topological polar surface area (TPSA) is 105 Å². The Hall–Kier alpha value is -3.81. The van der Waals surface area contributed by atoms with Crippen LogP contribution in [-0.2, 0) is 0 Å². The normalized spacial score (nSPS) is 11.1. The molecule has 0 amide bonds. The summed E-state index contributed by atoms with van der Waals surface area (Å²) in [5, 5.41) is 12.2. The van der Waals surface area contributed by atoms with Crippen LogP contribution in [0.3, 0.4) is 0 Å². The van der Waals surface area contributed by atoms with Crippen molar-refractivity contribution >= 4 is 27.6 Å². The third-order valence-corrected chi connectivity index (χ3v) is 4.66. The lowest BCUT2D eigenvalue weighted by atomic mass is 10.1. The van der Waals surface area contributed by atoms with E-state index in [4.69, 9.17) is 18.3 Å². The van der Waals surface area contributed by atoms with Gasteiger partial charge in [0.1, 0.15) is 22.7 Å². The predicted octanol–water partition coefficient (Wildman–Crippen LogP) is 5.08. The van der Waals surface area contributed by atoms with Crippen molar-refractivity contribution in [3.8, 4) is 11.5 Å². The summed E-state index contributed by atoms with van der Waals surface area (Å²) in [5.74, 6) is 1.25. The summed E-state index contributed by atoms with van der Waals surface area (Å²) in [6.45, 7) is 1.01. The van der Waals surface area contributed by atoms with E-state index in [1.807, 2.05) is 6.07 Å². The van der Waals surface area contributed by atoms with Crippen LogP contribution in [0, 0.1) is 10.1 Å². The lowest BCUT2D eigenvalue weighted by Crippen LogP contribution is -2.02. The molecule has 0 atom stereocenters. The zero-order valence-electron chi connectivity index (χ0n) is 16.0. The van der Waals surface area contributed by atoms with Crippen LogP contribution in [0.25, 0.3) is 21.9 Å². The molecule has 0 radical (unpaired) electrons. The van der Waals surface area contributed by atoms with Crippen LogP contribution in [0.5, 0.6) is 11.5 Å². The van der Waals surface area contributed by atoms with Gasteiger partial charge in [-0.3, -0.25) is 10.1 Å². The summed E-state index contributed by atoms with van der Waals surface area (Å²) in [7, 11) is 0. The summed E-state index contributed by atoms with van der Waals surface area (Å²) >= 11 is 0. The number of benzene rings is 2. The Morgan fingerprint density at radius 1 is 0.867 bits per heavy atom. The Bertz CT molecular complexity index is 1220. The van der Waals surface area contributed by atoms with Gasteiger partial charge in [-0.25, -0.2) is 4.79 Å². The SMILES string of the molecule is O=c1ccc2c(OCCCCCOc3ccc([N+](=O)[O-])cc3)c3ccoc3cc2o1. The number of furan rings is 1. The van der Waals surface area contributed by atoms with Gasteiger partial charge in [-0.15, -0.1) is 0 Å². The van der Waals surface area contributed by atoms with Gasteiger partial charge in [-0.05, 0) is 43.5 Å². The van der Waals surface area contributed by atoms with Gasteiger partial charge >= 0.3 is 5.63 Å². The van der Waals surface area contributed by atoms with Gasteiger partial charge in [0.05, 0.1) is 35.2 Å². The molecule has 0 N–H and O–H groups in total. The lowest BCUT2D eigenvalue weighted by molar-refractivity contribution is -0.384. The first kappa shape index (κ1) is 19.5. The molecule has 0 spiro atoms. The molecule has 0 fully saturated rings. The first-order valence-electron chi connectivity index (χ1n) is 9.56. The lowest BCUT2D eigenvalue weighted by Gasteiger charge is -2.10. The van der Waals surface area contributed by atoms with Gasteiger partial charge in [-0.1, -0.05) is 0 Å². The minimum Gasteiger partial charge on any atom is -0.494 e. The molecule has 4 aromatic rings. The zero-order valence-corrected chi connectivity index (χ0v) is 16.0. The summed E-state index contributed by atoms with van der Waals surface area (Å²) in [4.78, 5) is 21.7. The van der Waals surface area contributed by atoms with Crippen molar-refractivity contribution in [2.24, 2.45) is 0 Å². The van der Waals surface area contributed by atoms with Crippen LogP contribution in [-0.4, -0.2) is 18.1 Å². The molecule has 2 aromatic carbocycles. The molecule has 0 unspecified atom stereocenters. The molecule has 0 aliphatic carbocycles. The summed E-state index contributed by atoms with van der Waals surface area (Å²) in [5.41, 5.74) is 0.645. The summed E-state index contributed by atoms with van der Waals surface area (Å²) < 4.78 is 22.3. The standard InChI is InChI=1S/C22H19NO7/c24-21-9-8-17-20(30-21)14-19-18(10-13-28-19)22(17)29-12-3-1-2-11-27-16-6-4-15(5-7-16)23(25)26/h4-10,13-14H,1-3,11-12H2. The van der Waals surface area contributed by atoms with Crippen molar-refractivity contribution < 1.29 is 23.2 Å². The zero-order chi connectivity index (χ0) is 20.9. The second kappa shape index (κ2) is 8.69. The fourth-order valence-electron chi connectivity index (χ4n) is 3.17. The summed E-state index contributed by atoms with van der Waals surface area (Å²) in [6.07, 6.45) is 4.10. The van der Waals surface area contributed by atoms with Crippen molar-refractivity contribution in [2.75, 3.05) is 13.2 Å². The fourth-order valence-corrected chi connectivity index (χ4v) is 3.17. The molecule has 0 saturated heterocycles. The van der Waals surface area contributed by atoms with Crippen molar-refractivity contribution in [1.82, 2.24) is 0 Å². The largest absolute Gasteiger partial charge is 0.494 e. The molecule has 0 aliphatic rings. The maximum Gasteiger partial charge on any atom is 0.336 e. The highest BCUT2D eigenvalue weighted by Gasteiger charge is 2.13. The van der Waals surface area contributed by atoms with E-state index in [2.05, 4.69) is 0 Å². The third-order valence-electron chi connectivity index (χ3n) is 4.66. The molecule has 8 heteroatoms. The van der Waals surface area contributed by atoms with E-state index in [-0.39, 0.29) is 5.69 Å². The van der Waals surface area contributed by atoms with Crippen molar-refractivity contribution in [2.45, 2.75) is 19.3 Å². The third kappa shape index (κ3) is 4.27. The van der Waals surface area contributed by atoms with Gasteiger partial charge in [0.25, 0.3) is 5.69 Å². The quantitative estimate of drug-likeness (QED) is 0.164. The number of unbranched alkanes of at least 4 members (excludes halogenated alkanes) is 2. The number of nitrogens with zero attached hydrogens (tertiary/aromatic N) is 1. The second-order valence-corrected chi connectivity index (χ2v) is 6.71. The van der Waals surface area contributed by atoms with Crippen molar-refractivity contribution in [1.29, 1.82) is 0 Å². The molecule has 4 rings (SSSR count). The van der Waals surface area contributed by atoms with E-state index in [9.17, 15) is 14.9 Å². The van der Waals surface area contributed by atoms with Crippen LogP contribution < -0.4 is 15.1 Å². The van der Waals surface area contributed by atoms with Gasteiger partial charge in [0.2, 0.25) is 0 Å². The van der Waals surface area contributed by atoms with Gasteiger partial charge < -0.3 is 18.3 Å². The highest BCUT2D eigenvalue weighted by Crippen LogP contribution is 2.35. The van der Waals surface area contributed by atoms with Crippen molar-refractivity contribution in [3.63, 3.8) is 0 Å². The Morgan fingerprint density at radius 2 is 1.60 bits per heavy atom. The Kier molecular flexibility index (Phi) is 5.65. The number of nitro groups is 1. The Morgan fingerprint density at radius 3 is 2.37 bits per heavy atom. The van der Waals surface area contributed by atoms with E-state index in [1.54, 1.807) is 30.5 Å². The van der Waals surface area contributed by atoms with Gasteiger partial charge in [0.15, 0.2) is 0 Å². The number of rotatable bonds is 9. The van der Waals surface area contributed by atoms with Crippen LogP contribution in [0.1, 0.15) is 19.3 Å². The molecule has 30 heavy (non-hydrogen) atoms. The first-order valence-corrected chi connectivity index (χ1v) is 9.56. The number of hydrogen-bond donors (Lipinski definition) is 0. The Labute approximate surface area is 170 Å². The average molecular weight is 409 g/mol. The molecule has 0 bridgehead atoms. The maximum absolute atomic E-state index is 11.5. The number of hydrogen-bond acceptors (Lipinski definition) is 7. The van der Waals surface area contributed by atoms with Crippen LogP contribution in [0.4, 0.5) is 5.69 Å². The number of nitro benzene ring substituents is 1. The highest BCUT2D eigenvalue weighted by atomic mass is 16.6.